The lowest BCUT2D eigenvalue weighted by molar-refractivity contribution is -0.284. The predicted octanol–water partition coefficient (Wildman–Crippen LogP) is 7.74. The van der Waals surface area contributed by atoms with Crippen molar-refractivity contribution in [2.75, 3.05) is 6.61 Å². The fourth-order valence-corrected chi connectivity index (χ4v) is 8.25. The number of hydrogen-bond donors (Lipinski definition) is 0. The Labute approximate surface area is 234 Å². The smallest absolute Gasteiger partial charge is 0.243 e. The second-order valence-electron chi connectivity index (χ2n) is 14.9. The van der Waals surface area contributed by atoms with Crippen LogP contribution < -0.4 is 0 Å². The fraction of sp³-hybridized carbons (Fsp3) is 0.750. The fourth-order valence-electron chi connectivity index (χ4n) is 6.29. The van der Waals surface area contributed by atoms with E-state index in [4.69, 9.17) is 4.84 Å². The molecule has 38 heavy (non-hydrogen) atoms. The van der Waals surface area contributed by atoms with Gasteiger partial charge in [-0.3, -0.25) is 4.84 Å². The van der Waals surface area contributed by atoms with Gasteiger partial charge in [-0.05, 0) is 107 Å². The van der Waals surface area contributed by atoms with Gasteiger partial charge < -0.3 is 0 Å². The van der Waals surface area contributed by atoms with Crippen LogP contribution in [0.5, 0.6) is 0 Å². The second-order valence-corrected chi connectivity index (χ2v) is 16.7. The van der Waals surface area contributed by atoms with Crippen molar-refractivity contribution in [2.45, 2.75) is 153 Å². The molecular weight excluding hydrogens is 492 g/mol. The summed E-state index contributed by atoms with van der Waals surface area (Å²) in [4.78, 5) is 6.98. The molecule has 0 aromatic heterocycles. The largest absolute Gasteiger partial charge is 0.296 e. The quantitative estimate of drug-likeness (QED) is 0.313. The van der Waals surface area contributed by atoms with Crippen LogP contribution in [-0.2, 0) is 25.7 Å². The summed E-state index contributed by atoms with van der Waals surface area (Å²) in [6.45, 7) is 26.1. The Bertz CT molecular complexity index is 1040. The van der Waals surface area contributed by atoms with Crippen molar-refractivity contribution in [1.29, 1.82) is 0 Å². The van der Waals surface area contributed by atoms with E-state index in [0.717, 1.165) is 49.7 Å². The van der Waals surface area contributed by atoms with Crippen LogP contribution >= 0.6 is 0 Å². The van der Waals surface area contributed by atoms with Crippen molar-refractivity contribution >= 4 is 10.0 Å². The van der Waals surface area contributed by atoms with E-state index in [-0.39, 0.29) is 34.0 Å². The molecule has 0 amide bonds. The molecule has 0 unspecified atom stereocenters. The zero-order chi connectivity index (χ0) is 28.7. The summed E-state index contributed by atoms with van der Waals surface area (Å²) < 4.78 is 30.8. The van der Waals surface area contributed by atoms with Crippen LogP contribution in [0.1, 0.15) is 125 Å². The van der Waals surface area contributed by atoms with Crippen LogP contribution in [0.2, 0.25) is 0 Å². The van der Waals surface area contributed by atoms with Crippen LogP contribution in [0.15, 0.2) is 35.7 Å². The molecule has 5 nitrogen and oxygen atoms in total. The van der Waals surface area contributed by atoms with Gasteiger partial charge in [-0.25, -0.2) is 8.42 Å². The first-order valence-electron chi connectivity index (χ1n) is 14.5. The molecule has 0 spiro atoms. The summed E-state index contributed by atoms with van der Waals surface area (Å²) in [5.74, 6) is 0. The first-order chi connectivity index (χ1) is 17.3. The molecule has 0 bridgehead atoms. The van der Waals surface area contributed by atoms with Gasteiger partial charge in [0.25, 0.3) is 0 Å². The Hall–Kier alpha value is -1.21. The number of allylic oxidation sites excluding steroid dienone is 1. The highest BCUT2D eigenvalue weighted by molar-refractivity contribution is 7.89. The third-order valence-electron chi connectivity index (χ3n) is 8.54. The Morgan fingerprint density at radius 1 is 0.921 bits per heavy atom. The van der Waals surface area contributed by atoms with Crippen LogP contribution in [0.25, 0.3) is 0 Å². The molecule has 3 rings (SSSR count). The second kappa shape index (κ2) is 11.0. The molecule has 0 radical (unpaired) electrons. The van der Waals surface area contributed by atoms with Crippen LogP contribution in [0.4, 0.5) is 0 Å². The molecule has 216 valence electrons. The molecule has 6 heteroatoms. The number of hydrogen-bond acceptors (Lipinski definition) is 4. The third-order valence-corrected chi connectivity index (χ3v) is 10.5. The van der Waals surface area contributed by atoms with Crippen molar-refractivity contribution in [3.05, 3.63) is 42.0 Å². The van der Waals surface area contributed by atoms with E-state index in [0.29, 0.717) is 11.5 Å². The Morgan fingerprint density at radius 3 is 1.89 bits per heavy atom. The van der Waals surface area contributed by atoms with E-state index in [9.17, 15) is 8.42 Å². The third kappa shape index (κ3) is 6.74. The number of sulfonamides is 1. The minimum Gasteiger partial charge on any atom is -0.296 e. The molecule has 1 aromatic rings. The van der Waals surface area contributed by atoms with Gasteiger partial charge in [0, 0.05) is 17.1 Å². The van der Waals surface area contributed by atoms with Crippen molar-refractivity contribution in [3.8, 4) is 0 Å². The van der Waals surface area contributed by atoms with Gasteiger partial charge in [0.15, 0.2) is 0 Å². The molecule has 1 aromatic carbocycles. The minimum absolute atomic E-state index is 0.0506. The van der Waals surface area contributed by atoms with Gasteiger partial charge in [0.1, 0.15) is 0 Å². The number of piperidine rings is 1. The van der Waals surface area contributed by atoms with E-state index >= 15 is 0 Å². The van der Waals surface area contributed by atoms with Crippen molar-refractivity contribution in [3.63, 3.8) is 0 Å². The standard InChI is InChI=1S/C32H54N2O3S/c1-12-13-15-26-16-17-27(23-37-34-31(8,9)18-14-19-32(34,10)11)33(26)38(35,36)28-21-24(29(2,3)4)20-25(22-28)30(5,6)7/h12,20-22,26-27H,1,13-19,23H2,2-11H3/t26-,27-/m0/s1. The summed E-state index contributed by atoms with van der Waals surface area (Å²) in [5, 5.41) is 2.16. The lowest BCUT2D eigenvalue weighted by Gasteiger charge is -2.51. The zero-order valence-electron chi connectivity index (χ0n) is 25.9. The molecule has 2 heterocycles. The normalized spacial score (nSPS) is 25.0. The molecular formula is C32H54N2O3S. The highest BCUT2D eigenvalue weighted by Gasteiger charge is 2.46. The molecule has 2 atom stereocenters. The summed E-state index contributed by atoms with van der Waals surface area (Å²) >= 11 is 0. The molecule has 0 saturated carbocycles. The topological polar surface area (TPSA) is 49.9 Å². The maximum absolute atomic E-state index is 14.5. The predicted molar refractivity (Wildman–Crippen MR) is 159 cm³/mol. The van der Waals surface area contributed by atoms with Crippen LogP contribution in [0.3, 0.4) is 0 Å². The van der Waals surface area contributed by atoms with E-state index < -0.39 is 10.0 Å². The van der Waals surface area contributed by atoms with E-state index in [1.165, 1.54) is 6.42 Å². The zero-order valence-corrected chi connectivity index (χ0v) is 26.7. The SMILES string of the molecule is C=CCC[C@H]1CC[C@@H](CON2C(C)(C)CCCC2(C)C)N1S(=O)(=O)c1cc(C(C)(C)C)cc(C(C)(C)C)c1. The molecule has 2 aliphatic heterocycles. The van der Waals surface area contributed by atoms with Gasteiger partial charge in [-0.1, -0.05) is 53.7 Å². The van der Waals surface area contributed by atoms with E-state index in [1.807, 2.05) is 18.2 Å². The summed E-state index contributed by atoms with van der Waals surface area (Å²) in [6.07, 6.45) is 8.44. The molecule has 0 aliphatic carbocycles. The number of hydroxylamine groups is 2. The molecule has 2 fully saturated rings. The lowest BCUT2D eigenvalue weighted by Crippen LogP contribution is -2.59. The van der Waals surface area contributed by atoms with Crippen molar-refractivity contribution in [2.24, 2.45) is 0 Å². The van der Waals surface area contributed by atoms with E-state index in [1.54, 1.807) is 4.31 Å². The number of rotatable bonds is 8. The summed E-state index contributed by atoms with van der Waals surface area (Å²) in [6, 6.07) is 5.74. The van der Waals surface area contributed by atoms with Gasteiger partial charge in [0.2, 0.25) is 10.0 Å². The Morgan fingerprint density at radius 2 is 1.42 bits per heavy atom. The monoisotopic (exact) mass is 546 g/mol. The average Bonchev–Trinajstić information content (AvgIpc) is 3.18. The number of nitrogens with zero attached hydrogens (tertiary/aromatic N) is 2. The summed E-state index contributed by atoms with van der Waals surface area (Å²) in [5.41, 5.74) is 1.61. The summed E-state index contributed by atoms with van der Waals surface area (Å²) in [7, 11) is -3.74. The first-order valence-corrected chi connectivity index (χ1v) is 16.0. The molecule has 0 N–H and O–H groups in total. The average molecular weight is 547 g/mol. The van der Waals surface area contributed by atoms with E-state index in [2.05, 4.69) is 86.9 Å². The van der Waals surface area contributed by atoms with Gasteiger partial charge in [-0.2, -0.15) is 9.37 Å². The molecule has 2 aliphatic rings. The van der Waals surface area contributed by atoms with Gasteiger partial charge in [-0.15, -0.1) is 6.58 Å². The highest BCUT2D eigenvalue weighted by Crippen LogP contribution is 2.41. The van der Waals surface area contributed by atoms with Crippen LogP contribution in [-0.4, -0.2) is 47.6 Å². The highest BCUT2D eigenvalue weighted by atomic mass is 32.2. The maximum Gasteiger partial charge on any atom is 0.243 e. The molecule has 2 saturated heterocycles. The van der Waals surface area contributed by atoms with Gasteiger partial charge in [0.05, 0.1) is 17.5 Å². The lowest BCUT2D eigenvalue weighted by atomic mass is 9.81. The Kier molecular flexibility index (Phi) is 9.06. The van der Waals surface area contributed by atoms with Crippen LogP contribution in [0, 0.1) is 0 Å². The van der Waals surface area contributed by atoms with Crippen molar-refractivity contribution < 1.29 is 13.3 Å². The van der Waals surface area contributed by atoms with Crippen molar-refractivity contribution in [1.82, 2.24) is 9.37 Å². The minimum atomic E-state index is -3.74. The first kappa shape index (κ1) is 31.3. The van der Waals surface area contributed by atoms with Gasteiger partial charge >= 0.3 is 0 Å². The maximum atomic E-state index is 14.5. The Balaban J connectivity index is 2.02. The number of benzene rings is 1.